The van der Waals surface area contributed by atoms with Gasteiger partial charge in [-0.15, -0.1) is 0 Å². The number of nitrogens with one attached hydrogen (secondary N) is 2. The smallest absolute Gasteiger partial charge is 0.254 e. The number of morpholine rings is 1. The summed E-state index contributed by atoms with van der Waals surface area (Å²) in [6.07, 6.45) is 0. The van der Waals surface area contributed by atoms with E-state index in [0.717, 1.165) is 6.54 Å². The number of carbonyl (C=O) groups excluding carboxylic acids is 1. The van der Waals surface area contributed by atoms with Gasteiger partial charge in [0.15, 0.2) is 0 Å². The van der Waals surface area contributed by atoms with Crippen LogP contribution in [0.5, 0.6) is 0 Å². The molecule has 2 rings (SSSR count). The molecule has 5 heteroatoms. The lowest BCUT2D eigenvalue weighted by molar-refractivity contribution is 0.0734. The van der Waals surface area contributed by atoms with Gasteiger partial charge in [0.2, 0.25) is 0 Å². The number of hydrogen-bond acceptors (Lipinski definition) is 3. The Morgan fingerprint density at radius 1 is 1.53 bits per heavy atom. The second-order valence-electron chi connectivity index (χ2n) is 3.92. The van der Waals surface area contributed by atoms with Crippen molar-refractivity contribution in [2.45, 2.75) is 6.04 Å². The highest BCUT2D eigenvalue weighted by atomic mass is 19.1. The highest BCUT2D eigenvalue weighted by Gasteiger charge is 2.15. The first-order chi connectivity index (χ1) is 8.27. The average Bonchev–Trinajstić information content (AvgIpc) is 2.38. The van der Waals surface area contributed by atoms with Crippen molar-refractivity contribution in [3.05, 3.63) is 35.6 Å². The van der Waals surface area contributed by atoms with Gasteiger partial charge in [-0.3, -0.25) is 4.79 Å². The molecule has 0 saturated carbocycles. The average molecular weight is 238 g/mol. The molecule has 1 aliphatic rings. The van der Waals surface area contributed by atoms with Gasteiger partial charge in [-0.25, -0.2) is 4.39 Å². The molecule has 1 aliphatic heterocycles. The molecule has 0 bridgehead atoms. The molecule has 0 spiro atoms. The molecule has 1 aromatic rings. The van der Waals surface area contributed by atoms with Gasteiger partial charge in [0.25, 0.3) is 5.91 Å². The van der Waals surface area contributed by atoms with Crippen molar-refractivity contribution in [3.8, 4) is 0 Å². The lowest BCUT2D eigenvalue weighted by atomic mass is 10.2. The predicted octanol–water partition coefficient (Wildman–Crippen LogP) is 0.544. The molecule has 4 nitrogen and oxygen atoms in total. The highest BCUT2D eigenvalue weighted by molar-refractivity contribution is 5.94. The fourth-order valence-corrected chi connectivity index (χ4v) is 1.71. The van der Waals surface area contributed by atoms with Gasteiger partial charge in [0.05, 0.1) is 18.8 Å². The van der Waals surface area contributed by atoms with E-state index in [9.17, 15) is 9.18 Å². The predicted molar refractivity (Wildman–Crippen MR) is 61.3 cm³/mol. The standard InChI is InChI=1S/C12H15FN2O2/c13-11-4-2-1-3-10(11)12(16)15-7-9-8-17-6-5-14-9/h1-4,9,14H,5-8H2,(H,15,16). The molecule has 1 amide bonds. The second kappa shape index (κ2) is 5.75. The molecule has 0 aliphatic carbocycles. The van der Waals surface area contributed by atoms with Crippen molar-refractivity contribution < 1.29 is 13.9 Å². The first-order valence-electron chi connectivity index (χ1n) is 5.61. The van der Waals surface area contributed by atoms with Crippen molar-refractivity contribution >= 4 is 5.91 Å². The normalized spacial score (nSPS) is 19.9. The summed E-state index contributed by atoms with van der Waals surface area (Å²) in [5, 5.41) is 5.90. The Kier molecular flexibility index (Phi) is 4.06. The van der Waals surface area contributed by atoms with E-state index in [4.69, 9.17) is 4.74 Å². The van der Waals surface area contributed by atoms with Gasteiger partial charge in [-0.05, 0) is 12.1 Å². The van der Waals surface area contributed by atoms with E-state index in [1.165, 1.54) is 12.1 Å². The summed E-state index contributed by atoms with van der Waals surface area (Å²) >= 11 is 0. The topological polar surface area (TPSA) is 50.4 Å². The second-order valence-corrected chi connectivity index (χ2v) is 3.92. The molecule has 0 radical (unpaired) electrons. The van der Waals surface area contributed by atoms with Crippen LogP contribution in [0.4, 0.5) is 4.39 Å². The van der Waals surface area contributed by atoms with E-state index < -0.39 is 11.7 Å². The Hall–Kier alpha value is -1.46. The molecule has 92 valence electrons. The van der Waals surface area contributed by atoms with Crippen molar-refractivity contribution in [1.29, 1.82) is 0 Å². The van der Waals surface area contributed by atoms with E-state index in [0.29, 0.717) is 19.8 Å². The summed E-state index contributed by atoms with van der Waals surface area (Å²) in [7, 11) is 0. The Balaban J connectivity index is 1.87. The summed E-state index contributed by atoms with van der Waals surface area (Å²) < 4.78 is 18.6. The first-order valence-corrected chi connectivity index (χ1v) is 5.61. The van der Waals surface area contributed by atoms with E-state index in [1.807, 2.05) is 0 Å². The minimum atomic E-state index is -0.502. The summed E-state index contributed by atoms with van der Waals surface area (Å²) in [6.45, 7) is 2.47. The number of halogens is 1. The fourth-order valence-electron chi connectivity index (χ4n) is 1.71. The summed E-state index contributed by atoms with van der Waals surface area (Å²) in [6, 6.07) is 6.04. The van der Waals surface area contributed by atoms with Crippen LogP contribution in [0.25, 0.3) is 0 Å². The summed E-state index contributed by atoms with van der Waals surface area (Å²) in [5.74, 6) is -0.895. The lowest BCUT2D eigenvalue weighted by Crippen LogP contribution is -2.48. The maximum Gasteiger partial charge on any atom is 0.254 e. The molecule has 17 heavy (non-hydrogen) atoms. The monoisotopic (exact) mass is 238 g/mol. The van der Waals surface area contributed by atoms with Crippen LogP contribution in [-0.4, -0.2) is 38.3 Å². The molecule has 1 fully saturated rings. The largest absolute Gasteiger partial charge is 0.378 e. The molecule has 1 heterocycles. The van der Waals surface area contributed by atoms with Crippen LogP contribution >= 0.6 is 0 Å². The highest BCUT2D eigenvalue weighted by Crippen LogP contribution is 2.05. The number of benzene rings is 1. The molecule has 1 aromatic carbocycles. The van der Waals surface area contributed by atoms with Crippen LogP contribution < -0.4 is 10.6 Å². The third-order valence-electron chi connectivity index (χ3n) is 2.63. The maximum absolute atomic E-state index is 13.3. The Morgan fingerprint density at radius 2 is 2.35 bits per heavy atom. The van der Waals surface area contributed by atoms with Crippen LogP contribution in [0.3, 0.4) is 0 Å². The maximum atomic E-state index is 13.3. The Morgan fingerprint density at radius 3 is 3.06 bits per heavy atom. The van der Waals surface area contributed by atoms with Crippen LogP contribution in [0.15, 0.2) is 24.3 Å². The van der Waals surface area contributed by atoms with Gasteiger partial charge >= 0.3 is 0 Å². The van der Waals surface area contributed by atoms with Crippen LogP contribution in [0.2, 0.25) is 0 Å². The lowest BCUT2D eigenvalue weighted by Gasteiger charge is -2.23. The first kappa shape index (κ1) is 12.0. The molecule has 1 atom stereocenters. The summed E-state index contributed by atoms with van der Waals surface area (Å²) in [5.41, 5.74) is 0.0734. The van der Waals surface area contributed by atoms with Crippen LogP contribution in [0, 0.1) is 5.82 Å². The fraction of sp³-hybridized carbons (Fsp3) is 0.417. The van der Waals surface area contributed by atoms with Crippen molar-refractivity contribution in [2.24, 2.45) is 0 Å². The van der Waals surface area contributed by atoms with Gasteiger partial charge in [0, 0.05) is 19.1 Å². The van der Waals surface area contributed by atoms with E-state index in [1.54, 1.807) is 12.1 Å². The van der Waals surface area contributed by atoms with Gasteiger partial charge in [-0.2, -0.15) is 0 Å². The number of carbonyl (C=O) groups is 1. The number of ether oxygens (including phenoxy) is 1. The minimum absolute atomic E-state index is 0.0734. The third-order valence-corrected chi connectivity index (χ3v) is 2.63. The van der Waals surface area contributed by atoms with Gasteiger partial charge < -0.3 is 15.4 Å². The van der Waals surface area contributed by atoms with E-state index in [2.05, 4.69) is 10.6 Å². The molecule has 1 unspecified atom stereocenters. The SMILES string of the molecule is O=C(NCC1COCCN1)c1ccccc1F. The number of rotatable bonds is 3. The van der Waals surface area contributed by atoms with Gasteiger partial charge in [0.1, 0.15) is 5.82 Å². The molecule has 0 aromatic heterocycles. The van der Waals surface area contributed by atoms with Crippen LogP contribution in [-0.2, 0) is 4.74 Å². The zero-order chi connectivity index (χ0) is 12.1. The molecular weight excluding hydrogens is 223 g/mol. The number of hydrogen-bond donors (Lipinski definition) is 2. The van der Waals surface area contributed by atoms with E-state index >= 15 is 0 Å². The Bertz CT molecular complexity index is 392. The molecular formula is C12H15FN2O2. The van der Waals surface area contributed by atoms with Crippen molar-refractivity contribution in [1.82, 2.24) is 10.6 Å². The van der Waals surface area contributed by atoms with E-state index in [-0.39, 0.29) is 11.6 Å². The number of amides is 1. The zero-order valence-corrected chi connectivity index (χ0v) is 9.41. The zero-order valence-electron chi connectivity index (χ0n) is 9.41. The third kappa shape index (κ3) is 3.25. The minimum Gasteiger partial charge on any atom is -0.378 e. The summed E-state index contributed by atoms with van der Waals surface area (Å²) in [4.78, 5) is 11.7. The van der Waals surface area contributed by atoms with Gasteiger partial charge in [-0.1, -0.05) is 12.1 Å². The van der Waals surface area contributed by atoms with Crippen LogP contribution in [0.1, 0.15) is 10.4 Å². The molecule has 1 saturated heterocycles. The molecule has 2 N–H and O–H groups in total. The quantitative estimate of drug-likeness (QED) is 0.808. The Labute approximate surface area is 99.2 Å². The van der Waals surface area contributed by atoms with Crippen molar-refractivity contribution in [3.63, 3.8) is 0 Å². The van der Waals surface area contributed by atoms with Crippen molar-refractivity contribution in [2.75, 3.05) is 26.3 Å².